The smallest absolute Gasteiger partial charge is 0.0604 e. The van der Waals surface area contributed by atoms with Crippen molar-refractivity contribution in [2.24, 2.45) is 5.73 Å². The molecule has 0 aliphatic rings. The molecule has 0 aliphatic heterocycles. The lowest BCUT2D eigenvalue weighted by molar-refractivity contribution is 0.948. The molecule has 0 fully saturated rings. The summed E-state index contributed by atoms with van der Waals surface area (Å²) >= 11 is 5.36. The highest BCUT2D eigenvalue weighted by Gasteiger charge is 2.11. The molecule has 0 spiro atoms. The highest BCUT2D eigenvalue weighted by molar-refractivity contribution is 8.01. The van der Waals surface area contributed by atoms with Crippen LogP contribution < -0.4 is 5.73 Å². The van der Waals surface area contributed by atoms with Gasteiger partial charge in [0.05, 0.1) is 4.21 Å². The van der Waals surface area contributed by atoms with Gasteiger partial charge in [-0.2, -0.15) is 11.3 Å². The maximum atomic E-state index is 5.77. The molecule has 0 amide bonds. The van der Waals surface area contributed by atoms with Crippen molar-refractivity contribution >= 4 is 34.4 Å². The van der Waals surface area contributed by atoms with E-state index >= 15 is 0 Å². The van der Waals surface area contributed by atoms with Crippen LogP contribution in [0.2, 0.25) is 0 Å². The Balaban J connectivity index is 2.08. The van der Waals surface area contributed by atoms with Crippen LogP contribution in [0.3, 0.4) is 0 Å². The molecule has 0 saturated carbocycles. The lowest BCUT2D eigenvalue weighted by Crippen LogP contribution is -2.07. The van der Waals surface area contributed by atoms with Crippen molar-refractivity contribution in [3.63, 3.8) is 0 Å². The molecule has 2 heterocycles. The van der Waals surface area contributed by atoms with Gasteiger partial charge in [0.2, 0.25) is 0 Å². The molecule has 2 N–H and O–H groups in total. The van der Waals surface area contributed by atoms with Crippen LogP contribution in [0.5, 0.6) is 0 Å². The Labute approximate surface area is 96.0 Å². The molecule has 14 heavy (non-hydrogen) atoms. The largest absolute Gasteiger partial charge is 0.329 e. The van der Waals surface area contributed by atoms with E-state index in [0.717, 1.165) is 0 Å². The predicted octanol–water partition coefficient (Wildman–Crippen LogP) is 3.60. The molecule has 2 rings (SSSR count). The molecule has 4 heteroatoms. The van der Waals surface area contributed by atoms with Gasteiger partial charge in [0.25, 0.3) is 0 Å². The molecule has 0 radical (unpaired) electrons. The van der Waals surface area contributed by atoms with Gasteiger partial charge in [-0.15, -0.1) is 23.1 Å². The summed E-state index contributed by atoms with van der Waals surface area (Å²) in [5, 5.41) is 6.79. The van der Waals surface area contributed by atoms with Crippen LogP contribution in [0.1, 0.15) is 10.8 Å². The first-order valence-corrected chi connectivity index (χ1v) is 7.02. The van der Waals surface area contributed by atoms with Gasteiger partial charge in [-0.3, -0.25) is 0 Å². The lowest BCUT2D eigenvalue weighted by Gasteiger charge is -2.10. The lowest BCUT2D eigenvalue weighted by atomic mass is 10.2. The summed E-state index contributed by atoms with van der Waals surface area (Å²) in [6, 6.07) is 6.38. The zero-order valence-corrected chi connectivity index (χ0v) is 10.0. The molecule has 1 unspecified atom stereocenters. The minimum absolute atomic E-state index is 0.403. The van der Waals surface area contributed by atoms with E-state index in [2.05, 4.69) is 34.3 Å². The minimum Gasteiger partial charge on any atom is -0.329 e. The zero-order chi connectivity index (χ0) is 9.80. The van der Waals surface area contributed by atoms with Crippen LogP contribution in [0.4, 0.5) is 0 Å². The Kier molecular flexibility index (Phi) is 3.64. The highest BCUT2D eigenvalue weighted by Crippen LogP contribution is 2.37. The summed E-state index contributed by atoms with van der Waals surface area (Å²) < 4.78 is 1.34. The highest BCUT2D eigenvalue weighted by atomic mass is 32.2. The minimum atomic E-state index is 0.403. The number of thioether (sulfide) groups is 1. The molecule has 2 aromatic rings. The third-order valence-corrected chi connectivity index (χ3v) is 4.94. The number of rotatable bonds is 4. The van der Waals surface area contributed by atoms with Crippen LogP contribution >= 0.6 is 34.4 Å². The SMILES string of the molecule is NCC(Sc1cccs1)c1ccsc1. The van der Waals surface area contributed by atoms with E-state index in [4.69, 9.17) is 5.73 Å². The maximum absolute atomic E-state index is 5.77. The second kappa shape index (κ2) is 4.98. The van der Waals surface area contributed by atoms with Crippen molar-refractivity contribution in [2.75, 3.05) is 6.54 Å². The number of hydrogen-bond donors (Lipinski definition) is 1. The molecule has 0 bridgehead atoms. The van der Waals surface area contributed by atoms with Gasteiger partial charge in [0, 0.05) is 11.8 Å². The van der Waals surface area contributed by atoms with Gasteiger partial charge in [0.1, 0.15) is 0 Å². The summed E-state index contributed by atoms with van der Waals surface area (Å²) in [7, 11) is 0. The Bertz CT molecular complexity index is 353. The first-order valence-electron chi connectivity index (χ1n) is 4.32. The van der Waals surface area contributed by atoms with Gasteiger partial charge in [-0.1, -0.05) is 6.07 Å². The fraction of sp³-hybridized carbons (Fsp3) is 0.200. The first kappa shape index (κ1) is 10.2. The normalized spacial score (nSPS) is 12.9. The third-order valence-electron chi connectivity index (χ3n) is 1.88. The van der Waals surface area contributed by atoms with Crippen molar-refractivity contribution in [3.8, 4) is 0 Å². The zero-order valence-electron chi connectivity index (χ0n) is 7.55. The van der Waals surface area contributed by atoms with Gasteiger partial charge in [-0.05, 0) is 33.8 Å². The Morgan fingerprint density at radius 3 is 2.86 bits per heavy atom. The van der Waals surface area contributed by atoms with Crippen molar-refractivity contribution in [3.05, 3.63) is 39.9 Å². The Morgan fingerprint density at radius 2 is 2.29 bits per heavy atom. The average molecular weight is 241 g/mol. The van der Waals surface area contributed by atoms with Crippen LogP contribution in [-0.4, -0.2) is 6.54 Å². The topological polar surface area (TPSA) is 26.0 Å². The van der Waals surface area contributed by atoms with Gasteiger partial charge < -0.3 is 5.73 Å². The molecular formula is C10H11NS3. The number of hydrogen-bond acceptors (Lipinski definition) is 4. The summed E-state index contributed by atoms with van der Waals surface area (Å²) in [5.41, 5.74) is 7.11. The molecule has 0 saturated heterocycles. The van der Waals surface area contributed by atoms with Gasteiger partial charge in [0.15, 0.2) is 0 Å². The monoisotopic (exact) mass is 241 g/mol. The molecule has 74 valence electrons. The van der Waals surface area contributed by atoms with E-state index in [9.17, 15) is 0 Å². The van der Waals surface area contributed by atoms with Crippen molar-refractivity contribution < 1.29 is 0 Å². The summed E-state index contributed by atoms with van der Waals surface area (Å²) in [6.45, 7) is 0.694. The average Bonchev–Trinajstić information content (AvgIpc) is 2.86. The fourth-order valence-electron chi connectivity index (χ4n) is 1.18. The van der Waals surface area contributed by atoms with Crippen LogP contribution in [0.25, 0.3) is 0 Å². The molecule has 0 aliphatic carbocycles. The number of nitrogens with two attached hydrogens (primary N) is 1. The molecule has 2 aromatic heterocycles. The second-order valence-corrected chi connectivity index (χ2v) is 6.06. The molecular weight excluding hydrogens is 230 g/mol. The van der Waals surface area contributed by atoms with E-state index in [1.807, 2.05) is 11.8 Å². The second-order valence-electron chi connectivity index (χ2n) is 2.83. The summed E-state index contributed by atoms with van der Waals surface area (Å²) in [6.07, 6.45) is 0. The van der Waals surface area contributed by atoms with E-state index in [1.165, 1.54) is 9.77 Å². The quantitative estimate of drug-likeness (QED) is 0.828. The number of thiophene rings is 2. The van der Waals surface area contributed by atoms with Crippen LogP contribution in [-0.2, 0) is 0 Å². The molecule has 1 atom stereocenters. The van der Waals surface area contributed by atoms with Crippen molar-refractivity contribution in [1.82, 2.24) is 0 Å². The molecule has 1 nitrogen and oxygen atoms in total. The van der Waals surface area contributed by atoms with Crippen LogP contribution in [0, 0.1) is 0 Å². The predicted molar refractivity (Wildman–Crippen MR) is 66.3 cm³/mol. The maximum Gasteiger partial charge on any atom is 0.0604 e. The summed E-state index contributed by atoms with van der Waals surface area (Å²) in [5.74, 6) is 0. The van der Waals surface area contributed by atoms with Crippen LogP contribution in [0.15, 0.2) is 38.5 Å². The standard InChI is InChI=1S/C10H11NS3/c11-6-9(8-3-5-12-7-8)14-10-2-1-4-13-10/h1-5,7,9H,6,11H2. The summed E-state index contributed by atoms with van der Waals surface area (Å²) in [4.78, 5) is 0. The fourth-order valence-corrected chi connectivity index (χ4v) is 3.98. The van der Waals surface area contributed by atoms with Crippen molar-refractivity contribution in [1.29, 1.82) is 0 Å². The molecule has 0 aromatic carbocycles. The van der Waals surface area contributed by atoms with E-state index in [0.29, 0.717) is 11.8 Å². The van der Waals surface area contributed by atoms with E-state index in [1.54, 1.807) is 22.7 Å². The van der Waals surface area contributed by atoms with Gasteiger partial charge >= 0.3 is 0 Å². The Hall–Kier alpha value is -0.290. The first-order chi connectivity index (χ1) is 6.90. The van der Waals surface area contributed by atoms with E-state index in [-0.39, 0.29) is 0 Å². The van der Waals surface area contributed by atoms with Crippen molar-refractivity contribution in [2.45, 2.75) is 9.46 Å². The van der Waals surface area contributed by atoms with E-state index < -0.39 is 0 Å². The third kappa shape index (κ3) is 2.39. The Morgan fingerprint density at radius 1 is 1.36 bits per heavy atom. The van der Waals surface area contributed by atoms with Gasteiger partial charge in [-0.25, -0.2) is 0 Å².